The Morgan fingerprint density at radius 3 is 2.72 bits per heavy atom. The number of ether oxygens (including phenoxy) is 1. The highest BCUT2D eigenvalue weighted by atomic mass is 16.5. The maximum Gasteiger partial charge on any atom is 0.351 e. The van der Waals surface area contributed by atoms with Gasteiger partial charge in [-0.15, -0.1) is 0 Å². The molecule has 0 aromatic carbocycles. The van der Waals surface area contributed by atoms with E-state index >= 15 is 0 Å². The minimum Gasteiger partial charge on any atom is -0.383 e. The second-order valence-electron chi connectivity index (χ2n) is 5.59. The predicted octanol–water partition coefficient (Wildman–Crippen LogP) is 1.80. The van der Waals surface area contributed by atoms with Crippen LogP contribution in [0.3, 0.4) is 0 Å². The Morgan fingerprint density at radius 1 is 1.56 bits per heavy atom. The van der Waals surface area contributed by atoms with E-state index in [4.69, 9.17) is 10.5 Å². The van der Waals surface area contributed by atoms with Gasteiger partial charge in [0.1, 0.15) is 12.0 Å². The zero-order valence-electron chi connectivity index (χ0n) is 11.4. The molecular formula is C13H21N3O2. The Balaban J connectivity index is 2.42. The monoisotopic (exact) mass is 251 g/mol. The molecule has 0 amide bonds. The number of aromatic nitrogens is 2. The van der Waals surface area contributed by atoms with Gasteiger partial charge in [0.15, 0.2) is 0 Å². The van der Waals surface area contributed by atoms with Crippen molar-refractivity contribution in [3.63, 3.8) is 0 Å². The van der Waals surface area contributed by atoms with Crippen LogP contribution >= 0.6 is 0 Å². The lowest BCUT2D eigenvalue weighted by molar-refractivity contribution is -0.0347. The van der Waals surface area contributed by atoms with Crippen LogP contribution in [0.15, 0.2) is 17.1 Å². The highest BCUT2D eigenvalue weighted by Gasteiger charge is 2.48. The fourth-order valence-corrected chi connectivity index (χ4v) is 2.64. The van der Waals surface area contributed by atoms with Crippen molar-refractivity contribution in [2.24, 2.45) is 11.3 Å². The first-order chi connectivity index (χ1) is 8.37. The highest BCUT2D eigenvalue weighted by molar-refractivity contribution is 5.23. The topological polar surface area (TPSA) is 70.1 Å². The van der Waals surface area contributed by atoms with Gasteiger partial charge in [0.25, 0.3) is 0 Å². The van der Waals surface area contributed by atoms with E-state index in [1.807, 2.05) is 0 Å². The van der Waals surface area contributed by atoms with Gasteiger partial charge >= 0.3 is 5.69 Å². The maximum absolute atomic E-state index is 11.9. The maximum atomic E-state index is 11.9. The SMILES string of the molecule is CC[C@H]1O[C@@H](n2ccc(N)nc2=O)C(C)(C)[C@H]1C. The summed E-state index contributed by atoms with van der Waals surface area (Å²) in [4.78, 5) is 15.7. The number of nitrogens with zero attached hydrogens (tertiary/aromatic N) is 2. The van der Waals surface area contributed by atoms with E-state index in [9.17, 15) is 4.79 Å². The number of anilines is 1. The first-order valence-electron chi connectivity index (χ1n) is 6.38. The minimum atomic E-state index is -0.350. The number of rotatable bonds is 2. The van der Waals surface area contributed by atoms with Crippen LogP contribution in [-0.4, -0.2) is 15.7 Å². The van der Waals surface area contributed by atoms with E-state index in [1.54, 1.807) is 16.8 Å². The molecule has 5 nitrogen and oxygen atoms in total. The molecule has 0 aliphatic carbocycles. The van der Waals surface area contributed by atoms with Crippen LogP contribution in [0, 0.1) is 11.3 Å². The van der Waals surface area contributed by atoms with Crippen molar-refractivity contribution in [2.45, 2.75) is 46.4 Å². The van der Waals surface area contributed by atoms with Crippen molar-refractivity contribution in [1.29, 1.82) is 0 Å². The Bertz CT molecular complexity index is 495. The van der Waals surface area contributed by atoms with Crippen molar-refractivity contribution >= 4 is 5.82 Å². The summed E-state index contributed by atoms with van der Waals surface area (Å²) in [6.07, 6.45) is 2.51. The van der Waals surface area contributed by atoms with E-state index in [0.717, 1.165) is 6.42 Å². The smallest absolute Gasteiger partial charge is 0.351 e. The molecule has 0 spiro atoms. The molecule has 2 N–H and O–H groups in total. The largest absolute Gasteiger partial charge is 0.383 e. The molecule has 2 heterocycles. The molecule has 0 unspecified atom stereocenters. The molecule has 1 aliphatic heterocycles. The van der Waals surface area contributed by atoms with Crippen molar-refractivity contribution in [2.75, 3.05) is 5.73 Å². The lowest BCUT2D eigenvalue weighted by atomic mass is 9.77. The van der Waals surface area contributed by atoms with E-state index in [0.29, 0.717) is 5.92 Å². The summed E-state index contributed by atoms with van der Waals surface area (Å²) in [7, 11) is 0. The molecule has 0 bridgehead atoms. The molecule has 1 saturated heterocycles. The van der Waals surface area contributed by atoms with E-state index < -0.39 is 0 Å². The van der Waals surface area contributed by atoms with Crippen LogP contribution in [-0.2, 0) is 4.74 Å². The van der Waals surface area contributed by atoms with Crippen molar-refractivity contribution in [3.05, 3.63) is 22.7 Å². The van der Waals surface area contributed by atoms with Gasteiger partial charge in [0.2, 0.25) is 0 Å². The molecule has 2 rings (SSSR count). The van der Waals surface area contributed by atoms with Gasteiger partial charge in [-0.05, 0) is 18.4 Å². The molecule has 1 aliphatic rings. The Morgan fingerprint density at radius 2 is 2.22 bits per heavy atom. The van der Waals surface area contributed by atoms with Crippen LogP contribution in [0.5, 0.6) is 0 Å². The van der Waals surface area contributed by atoms with Gasteiger partial charge in [0.05, 0.1) is 6.10 Å². The normalized spacial score (nSPS) is 30.6. The fourth-order valence-electron chi connectivity index (χ4n) is 2.64. The van der Waals surface area contributed by atoms with Gasteiger partial charge in [-0.25, -0.2) is 4.79 Å². The van der Waals surface area contributed by atoms with Gasteiger partial charge in [0, 0.05) is 11.6 Å². The number of nitrogen functional groups attached to an aromatic ring is 1. The van der Waals surface area contributed by atoms with Crippen LogP contribution < -0.4 is 11.4 Å². The van der Waals surface area contributed by atoms with Crippen LogP contribution in [0.25, 0.3) is 0 Å². The third-order valence-corrected chi connectivity index (χ3v) is 4.18. The summed E-state index contributed by atoms with van der Waals surface area (Å²) in [5.41, 5.74) is 5.05. The summed E-state index contributed by atoms with van der Waals surface area (Å²) in [6, 6.07) is 1.63. The average Bonchev–Trinajstić information content (AvgIpc) is 2.52. The summed E-state index contributed by atoms with van der Waals surface area (Å²) < 4.78 is 7.57. The van der Waals surface area contributed by atoms with Crippen molar-refractivity contribution in [1.82, 2.24) is 9.55 Å². The Kier molecular flexibility index (Phi) is 3.19. The van der Waals surface area contributed by atoms with Crippen molar-refractivity contribution < 1.29 is 4.74 Å². The standard InChI is InChI=1S/C13H21N3O2/c1-5-9-8(2)13(3,4)11(18-9)16-7-6-10(14)15-12(16)17/h6-9,11H,5H2,1-4H3,(H2,14,15,17)/t8-,9+,11+/m0/s1. The Labute approximate surface area is 107 Å². The summed E-state index contributed by atoms with van der Waals surface area (Å²) in [5, 5.41) is 0. The van der Waals surface area contributed by atoms with Gasteiger partial charge in [-0.1, -0.05) is 27.7 Å². The average molecular weight is 251 g/mol. The molecule has 5 heteroatoms. The van der Waals surface area contributed by atoms with E-state index in [-0.39, 0.29) is 29.3 Å². The summed E-state index contributed by atoms with van der Waals surface area (Å²) in [5.74, 6) is 0.629. The fraction of sp³-hybridized carbons (Fsp3) is 0.692. The van der Waals surface area contributed by atoms with Gasteiger partial charge in [-0.2, -0.15) is 4.98 Å². The zero-order chi connectivity index (χ0) is 13.5. The molecule has 1 aromatic heterocycles. The number of nitrogens with two attached hydrogens (primary N) is 1. The van der Waals surface area contributed by atoms with Crippen LogP contribution in [0.2, 0.25) is 0 Å². The van der Waals surface area contributed by atoms with Gasteiger partial charge in [-0.3, -0.25) is 4.57 Å². The molecule has 0 radical (unpaired) electrons. The van der Waals surface area contributed by atoms with E-state index in [1.165, 1.54) is 0 Å². The van der Waals surface area contributed by atoms with Crippen molar-refractivity contribution in [3.8, 4) is 0 Å². The van der Waals surface area contributed by atoms with Crippen LogP contribution in [0.4, 0.5) is 5.82 Å². The highest BCUT2D eigenvalue weighted by Crippen LogP contribution is 2.49. The minimum absolute atomic E-state index is 0.109. The summed E-state index contributed by atoms with van der Waals surface area (Å²) in [6.45, 7) is 8.52. The number of hydrogen-bond donors (Lipinski definition) is 1. The Hall–Kier alpha value is -1.36. The molecule has 1 aromatic rings. The van der Waals surface area contributed by atoms with E-state index in [2.05, 4.69) is 32.7 Å². The molecule has 0 saturated carbocycles. The lowest BCUT2D eigenvalue weighted by Gasteiger charge is -2.29. The quantitative estimate of drug-likeness (QED) is 0.870. The predicted molar refractivity (Wildman–Crippen MR) is 70.1 cm³/mol. The first-order valence-corrected chi connectivity index (χ1v) is 6.38. The molecule has 18 heavy (non-hydrogen) atoms. The van der Waals surface area contributed by atoms with Crippen LogP contribution in [0.1, 0.15) is 40.3 Å². The molecule has 100 valence electrons. The molecular weight excluding hydrogens is 230 g/mol. The zero-order valence-corrected chi connectivity index (χ0v) is 11.4. The first kappa shape index (κ1) is 13.1. The second kappa shape index (κ2) is 4.39. The third kappa shape index (κ3) is 1.92. The molecule has 3 atom stereocenters. The second-order valence-corrected chi connectivity index (χ2v) is 5.59. The lowest BCUT2D eigenvalue weighted by Crippen LogP contribution is -2.34. The third-order valence-electron chi connectivity index (χ3n) is 4.18. The van der Waals surface area contributed by atoms with Gasteiger partial charge < -0.3 is 10.5 Å². The summed E-state index contributed by atoms with van der Waals surface area (Å²) >= 11 is 0. The number of hydrogen-bond acceptors (Lipinski definition) is 4. The molecule has 1 fully saturated rings.